The van der Waals surface area contributed by atoms with Gasteiger partial charge in [0.1, 0.15) is 6.10 Å². The Morgan fingerprint density at radius 2 is 2.62 bits per heavy atom. The minimum absolute atomic E-state index is 0.119. The number of cyclic esters (lactones) is 1. The quantitative estimate of drug-likeness (QED) is 0.775. The molecule has 1 saturated heterocycles. The lowest BCUT2D eigenvalue weighted by Crippen LogP contribution is -2.24. The van der Waals surface area contributed by atoms with Crippen LogP contribution in [0.1, 0.15) is 0 Å². The third-order valence-electron chi connectivity index (χ3n) is 1.90. The van der Waals surface area contributed by atoms with E-state index < -0.39 is 0 Å². The molecule has 13 heavy (non-hydrogen) atoms. The molecule has 1 fully saturated rings. The number of aliphatic hydroxyl groups excluding tert-OH is 1. The number of rotatable bonds is 2. The first kappa shape index (κ1) is 8.52. The van der Waals surface area contributed by atoms with E-state index in [1.165, 1.54) is 16.2 Å². The first-order valence-electron chi connectivity index (χ1n) is 3.92. The zero-order valence-electron chi connectivity index (χ0n) is 6.84. The minimum atomic E-state index is -0.382. The smallest absolute Gasteiger partial charge is 0.414 e. The monoisotopic (exact) mass is 199 g/mol. The Hall–Kier alpha value is -1.07. The van der Waals surface area contributed by atoms with Crippen molar-refractivity contribution in [3.63, 3.8) is 0 Å². The number of nitrogens with zero attached hydrogens (tertiary/aromatic N) is 1. The van der Waals surface area contributed by atoms with Gasteiger partial charge in [0.05, 0.1) is 18.8 Å². The van der Waals surface area contributed by atoms with E-state index in [2.05, 4.69) is 0 Å². The Labute approximate surface area is 79.4 Å². The zero-order valence-corrected chi connectivity index (χ0v) is 7.66. The second-order valence-corrected chi connectivity index (χ2v) is 3.56. The van der Waals surface area contributed by atoms with Gasteiger partial charge in [0.2, 0.25) is 0 Å². The van der Waals surface area contributed by atoms with Crippen molar-refractivity contribution in [2.45, 2.75) is 6.10 Å². The molecule has 0 aromatic carbocycles. The molecule has 1 amide bonds. The van der Waals surface area contributed by atoms with Crippen LogP contribution < -0.4 is 4.90 Å². The molecule has 1 aromatic heterocycles. The molecule has 5 heteroatoms. The van der Waals surface area contributed by atoms with Gasteiger partial charge >= 0.3 is 6.09 Å². The Kier molecular flexibility index (Phi) is 2.20. The average molecular weight is 199 g/mol. The number of thiophene rings is 1. The number of ether oxygens (including phenoxy) is 1. The molecular weight excluding hydrogens is 190 g/mol. The molecular formula is C8H9NO3S. The van der Waals surface area contributed by atoms with Crippen molar-refractivity contribution in [1.29, 1.82) is 0 Å². The van der Waals surface area contributed by atoms with Gasteiger partial charge < -0.3 is 9.84 Å². The van der Waals surface area contributed by atoms with Gasteiger partial charge in [0.15, 0.2) is 0 Å². The fraction of sp³-hybridized carbons (Fsp3) is 0.375. The summed E-state index contributed by atoms with van der Waals surface area (Å²) in [5.41, 5.74) is 0.839. The number of hydrogen-bond acceptors (Lipinski definition) is 4. The summed E-state index contributed by atoms with van der Waals surface area (Å²) in [6.07, 6.45) is -0.759. The van der Waals surface area contributed by atoms with E-state index in [1.807, 2.05) is 16.8 Å². The lowest BCUT2D eigenvalue weighted by atomic mass is 10.3. The zero-order chi connectivity index (χ0) is 9.26. The maximum Gasteiger partial charge on any atom is 0.414 e. The second-order valence-electron chi connectivity index (χ2n) is 2.78. The number of aliphatic hydroxyl groups is 1. The number of carbonyl (C=O) groups is 1. The molecule has 1 N–H and O–H groups in total. The first-order valence-corrected chi connectivity index (χ1v) is 4.87. The van der Waals surface area contributed by atoms with Crippen molar-refractivity contribution < 1.29 is 14.6 Å². The van der Waals surface area contributed by atoms with Crippen LogP contribution in [0.5, 0.6) is 0 Å². The second kappa shape index (κ2) is 3.35. The van der Waals surface area contributed by atoms with Gasteiger partial charge in [-0.15, -0.1) is 0 Å². The van der Waals surface area contributed by atoms with E-state index in [-0.39, 0.29) is 18.8 Å². The predicted molar refractivity (Wildman–Crippen MR) is 49.0 cm³/mol. The summed E-state index contributed by atoms with van der Waals surface area (Å²) in [5, 5.41) is 12.6. The topological polar surface area (TPSA) is 49.8 Å². The van der Waals surface area contributed by atoms with Gasteiger partial charge in [-0.1, -0.05) is 0 Å². The van der Waals surface area contributed by atoms with Crippen molar-refractivity contribution in [1.82, 2.24) is 0 Å². The third-order valence-corrected chi connectivity index (χ3v) is 2.57. The Morgan fingerprint density at radius 3 is 3.15 bits per heavy atom. The van der Waals surface area contributed by atoms with Crippen LogP contribution in [0.4, 0.5) is 10.5 Å². The maximum absolute atomic E-state index is 11.2. The fourth-order valence-corrected chi connectivity index (χ4v) is 1.88. The van der Waals surface area contributed by atoms with Crippen molar-refractivity contribution in [3.05, 3.63) is 16.8 Å². The average Bonchev–Trinajstić information content (AvgIpc) is 2.72. The number of carbonyl (C=O) groups excluding carboxylic acids is 1. The molecule has 1 atom stereocenters. The molecule has 0 bridgehead atoms. The van der Waals surface area contributed by atoms with Crippen LogP contribution in [0.15, 0.2) is 16.8 Å². The van der Waals surface area contributed by atoms with Crippen LogP contribution in [0.3, 0.4) is 0 Å². The highest BCUT2D eigenvalue weighted by atomic mass is 32.1. The predicted octanol–water partition coefficient (Wildman–Crippen LogP) is 1.07. The highest BCUT2D eigenvalue weighted by Gasteiger charge is 2.31. The lowest BCUT2D eigenvalue weighted by Gasteiger charge is -2.08. The third kappa shape index (κ3) is 1.52. The van der Waals surface area contributed by atoms with Crippen LogP contribution in [-0.4, -0.2) is 30.5 Å². The number of amides is 1. The molecule has 0 aliphatic carbocycles. The molecule has 4 nitrogen and oxygen atoms in total. The molecule has 0 spiro atoms. The number of anilines is 1. The molecule has 2 heterocycles. The van der Waals surface area contributed by atoms with Crippen LogP contribution in [0.25, 0.3) is 0 Å². The summed E-state index contributed by atoms with van der Waals surface area (Å²) >= 11 is 1.53. The molecule has 0 radical (unpaired) electrons. The molecule has 1 aliphatic heterocycles. The number of hydrogen-bond donors (Lipinski definition) is 1. The van der Waals surface area contributed by atoms with Crippen molar-refractivity contribution in [2.75, 3.05) is 18.1 Å². The highest BCUT2D eigenvalue weighted by molar-refractivity contribution is 7.08. The molecule has 2 rings (SSSR count). The Balaban J connectivity index is 2.14. The SMILES string of the molecule is O=C1O[C@@H](CO)CN1c1ccsc1. The summed E-state index contributed by atoms with van der Waals surface area (Å²) in [5.74, 6) is 0. The van der Waals surface area contributed by atoms with E-state index in [9.17, 15) is 4.79 Å². The van der Waals surface area contributed by atoms with Gasteiger partial charge in [0.25, 0.3) is 0 Å². The van der Waals surface area contributed by atoms with Gasteiger partial charge in [0, 0.05) is 5.38 Å². The normalized spacial score (nSPS) is 22.1. The van der Waals surface area contributed by atoms with E-state index in [0.717, 1.165) is 5.69 Å². The van der Waals surface area contributed by atoms with E-state index in [1.54, 1.807) is 0 Å². The van der Waals surface area contributed by atoms with Crippen LogP contribution in [-0.2, 0) is 4.74 Å². The van der Waals surface area contributed by atoms with Crippen LogP contribution >= 0.6 is 11.3 Å². The lowest BCUT2D eigenvalue weighted by molar-refractivity contribution is 0.0963. The minimum Gasteiger partial charge on any atom is -0.441 e. The first-order chi connectivity index (χ1) is 6.31. The largest absolute Gasteiger partial charge is 0.441 e. The van der Waals surface area contributed by atoms with Crippen LogP contribution in [0, 0.1) is 0 Å². The highest BCUT2D eigenvalue weighted by Crippen LogP contribution is 2.23. The summed E-state index contributed by atoms with van der Waals surface area (Å²) in [7, 11) is 0. The molecule has 70 valence electrons. The summed E-state index contributed by atoms with van der Waals surface area (Å²) in [6, 6.07) is 1.85. The standard InChI is InChI=1S/C8H9NO3S/c10-4-7-3-9(8(11)12-7)6-1-2-13-5-6/h1-2,5,7,10H,3-4H2/t7-/m1/s1. The summed E-state index contributed by atoms with van der Waals surface area (Å²) < 4.78 is 4.89. The van der Waals surface area contributed by atoms with E-state index in [4.69, 9.17) is 9.84 Å². The maximum atomic E-state index is 11.2. The van der Waals surface area contributed by atoms with Crippen molar-refractivity contribution >= 4 is 23.1 Å². The summed E-state index contributed by atoms with van der Waals surface area (Å²) in [6.45, 7) is 0.318. The van der Waals surface area contributed by atoms with Crippen LogP contribution in [0.2, 0.25) is 0 Å². The molecule has 0 unspecified atom stereocenters. The van der Waals surface area contributed by atoms with Gasteiger partial charge in [-0.25, -0.2) is 4.79 Å². The fourth-order valence-electron chi connectivity index (χ4n) is 1.24. The molecule has 0 saturated carbocycles. The van der Waals surface area contributed by atoms with Gasteiger partial charge in [-0.3, -0.25) is 4.90 Å². The van der Waals surface area contributed by atoms with E-state index >= 15 is 0 Å². The van der Waals surface area contributed by atoms with E-state index in [0.29, 0.717) is 6.54 Å². The van der Waals surface area contributed by atoms with Crippen molar-refractivity contribution in [2.24, 2.45) is 0 Å². The molecule has 1 aromatic rings. The Bertz CT molecular complexity index is 298. The van der Waals surface area contributed by atoms with Gasteiger partial charge in [-0.05, 0) is 11.4 Å². The van der Waals surface area contributed by atoms with Crippen molar-refractivity contribution in [3.8, 4) is 0 Å². The van der Waals surface area contributed by atoms with Gasteiger partial charge in [-0.2, -0.15) is 11.3 Å². The Morgan fingerprint density at radius 1 is 1.77 bits per heavy atom. The summed E-state index contributed by atoms with van der Waals surface area (Å²) in [4.78, 5) is 12.8. The molecule has 1 aliphatic rings.